The van der Waals surface area contributed by atoms with Gasteiger partial charge in [-0.05, 0) is 42.9 Å². The van der Waals surface area contributed by atoms with E-state index in [9.17, 15) is 14.4 Å². The van der Waals surface area contributed by atoms with Crippen LogP contribution in [0.1, 0.15) is 65.7 Å². The van der Waals surface area contributed by atoms with E-state index in [2.05, 4.69) is 13.0 Å². The van der Waals surface area contributed by atoms with Crippen LogP contribution in [-0.2, 0) is 19.1 Å². The van der Waals surface area contributed by atoms with Gasteiger partial charge < -0.3 is 4.74 Å². The summed E-state index contributed by atoms with van der Waals surface area (Å²) < 4.78 is 5.44. The third kappa shape index (κ3) is 2.36. The van der Waals surface area contributed by atoms with Gasteiger partial charge in [-0.15, -0.1) is 0 Å². The van der Waals surface area contributed by atoms with Crippen molar-refractivity contribution in [2.45, 2.75) is 71.8 Å². The van der Waals surface area contributed by atoms with Gasteiger partial charge in [-0.25, -0.2) is 0 Å². The van der Waals surface area contributed by atoms with E-state index in [4.69, 9.17) is 4.74 Å². The molecule has 4 heteroatoms. The van der Waals surface area contributed by atoms with Crippen LogP contribution in [0, 0.1) is 28.6 Å². The summed E-state index contributed by atoms with van der Waals surface area (Å²) in [4.78, 5) is 36.9. The zero-order valence-electron chi connectivity index (χ0n) is 15.5. The Morgan fingerprint density at radius 1 is 1.20 bits per heavy atom. The topological polar surface area (TPSA) is 60.4 Å². The molecule has 0 aromatic rings. The molecule has 0 spiro atoms. The van der Waals surface area contributed by atoms with Gasteiger partial charge in [0.1, 0.15) is 17.7 Å². The number of hydrogen-bond acceptors (Lipinski definition) is 4. The predicted molar refractivity (Wildman–Crippen MR) is 92.7 cm³/mol. The summed E-state index contributed by atoms with van der Waals surface area (Å²) in [5, 5.41) is 0. The summed E-state index contributed by atoms with van der Waals surface area (Å²) >= 11 is 0. The second kappa shape index (κ2) is 5.52. The summed E-state index contributed by atoms with van der Waals surface area (Å²) in [5.41, 5.74) is 0.755. The van der Waals surface area contributed by atoms with Crippen molar-refractivity contribution >= 4 is 17.5 Å². The molecule has 3 fully saturated rings. The monoisotopic (exact) mass is 344 g/mol. The number of esters is 1. The van der Waals surface area contributed by atoms with Crippen molar-refractivity contribution in [2.24, 2.45) is 28.6 Å². The average molecular weight is 344 g/mol. The Balaban J connectivity index is 1.66. The number of ketones is 2. The number of hydrogen-bond donors (Lipinski definition) is 0. The molecule has 0 unspecified atom stereocenters. The van der Waals surface area contributed by atoms with Crippen molar-refractivity contribution < 1.29 is 19.1 Å². The minimum Gasteiger partial charge on any atom is -0.462 e. The summed E-state index contributed by atoms with van der Waals surface area (Å²) in [5.74, 6) is 1.05. The highest BCUT2D eigenvalue weighted by molar-refractivity contribution is 5.95. The third-order valence-corrected chi connectivity index (χ3v) is 7.79. The summed E-state index contributed by atoms with van der Waals surface area (Å²) in [6.07, 6.45) is 7.62. The maximum Gasteiger partial charge on any atom is 0.302 e. The van der Waals surface area contributed by atoms with E-state index in [1.165, 1.54) is 12.5 Å². The third-order valence-electron chi connectivity index (χ3n) is 7.79. The normalized spacial score (nSPS) is 46.0. The predicted octanol–water partition coefficient (Wildman–Crippen LogP) is 3.63. The Labute approximate surface area is 149 Å². The van der Waals surface area contributed by atoms with Crippen LogP contribution in [0.3, 0.4) is 0 Å². The van der Waals surface area contributed by atoms with E-state index in [-0.39, 0.29) is 29.2 Å². The van der Waals surface area contributed by atoms with Crippen LogP contribution in [0.2, 0.25) is 0 Å². The van der Waals surface area contributed by atoms with E-state index >= 15 is 0 Å². The molecule has 0 radical (unpaired) electrons. The molecular formula is C21H28O4. The molecule has 4 aliphatic carbocycles. The highest BCUT2D eigenvalue weighted by Crippen LogP contribution is 2.62. The van der Waals surface area contributed by atoms with Crippen molar-refractivity contribution in [1.29, 1.82) is 0 Å². The summed E-state index contributed by atoms with van der Waals surface area (Å²) in [6, 6.07) is 0. The Bertz CT molecular complexity index is 677. The molecule has 0 aliphatic heterocycles. The number of Topliss-reactive ketones (excluding diaryl/α,β-unsaturated/α-hetero) is 2. The van der Waals surface area contributed by atoms with Crippen molar-refractivity contribution in [3.05, 3.63) is 11.6 Å². The molecule has 4 rings (SSSR count). The lowest BCUT2D eigenvalue weighted by molar-refractivity contribution is -0.153. The molecule has 0 bridgehead atoms. The molecule has 136 valence electrons. The summed E-state index contributed by atoms with van der Waals surface area (Å²) in [7, 11) is 0. The van der Waals surface area contributed by atoms with Crippen molar-refractivity contribution in [2.75, 3.05) is 0 Å². The highest BCUT2D eigenvalue weighted by atomic mass is 16.5. The Hall–Kier alpha value is -1.45. The van der Waals surface area contributed by atoms with Crippen molar-refractivity contribution in [3.63, 3.8) is 0 Å². The largest absolute Gasteiger partial charge is 0.462 e. The molecule has 25 heavy (non-hydrogen) atoms. The lowest BCUT2D eigenvalue weighted by atomic mass is 9.47. The van der Waals surface area contributed by atoms with E-state index in [1.54, 1.807) is 0 Å². The Morgan fingerprint density at radius 3 is 2.68 bits per heavy atom. The number of carbonyl (C=O) groups is 3. The van der Waals surface area contributed by atoms with Crippen LogP contribution in [0.4, 0.5) is 0 Å². The molecule has 4 nitrogen and oxygen atoms in total. The number of rotatable bonds is 1. The molecule has 0 amide bonds. The minimum atomic E-state index is -0.422. The zero-order valence-corrected chi connectivity index (χ0v) is 15.5. The zero-order chi connectivity index (χ0) is 18.0. The first-order valence-electron chi connectivity index (χ1n) is 9.68. The van der Waals surface area contributed by atoms with Crippen molar-refractivity contribution in [3.8, 4) is 0 Å². The second-order valence-electron chi connectivity index (χ2n) is 9.13. The molecule has 0 saturated heterocycles. The first-order chi connectivity index (χ1) is 11.8. The van der Waals surface area contributed by atoms with Crippen LogP contribution in [-0.4, -0.2) is 23.6 Å². The fourth-order valence-corrected chi connectivity index (χ4v) is 6.57. The number of ether oxygens (including phenoxy) is 1. The van der Waals surface area contributed by atoms with Crippen molar-refractivity contribution in [1.82, 2.24) is 0 Å². The van der Waals surface area contributed by atoms with Gasteiger partial charge in [0.2, 0.25) is 0 Å². The van der Waals surface area contributed by atoms with Gasteiger partial charge in [0.05, 0.1) is 0 Å². The Kier molecular flexibility index (Phi) is 3.75. The smallest absolute Gasteiger partial charge is 0.302 e. The molecule has 6 atom stereocenters. The lowest BCUT2D eigenvalue weighted by Gasteiger charge is -2.55. The van der Waals surface area contributed by atoms with Gasteiger partial charge >= 0.3 is 5.97 Å². The first kappa shape index (κ1) is 17.0. The van der Waals surface area contributed by atoms with E-state index in [0.29, 0.717) is 30.5 Å². The number of carbonyl (C=O) groups excluding carboxylic acids is 3. The first-order valence-corrected chi connectivity index (χ1v) is 9.68. The van der Waals surface area contributed by atoms with Gasteiger partial charge in [-0.3, -0.25) is 14.4 Å². The van der Waals surface area contributed by atoms with Crippen LogP contribution in [0.15, 0.2) is 11.6 Å². The molecule has 0 aromatic heterocycles. The molecule has 0 N–H and O–H groups in total. The number of fused-ring (bicyclic) bond motifs is 5. The van der Waals surface area contributed by atoms with E-state index in [1.807, 2.05) is 6.92 Å². The van der Waals surface area contributed by atoms with Gasteiger partial charge in [0, 0.05) is 37.5 Å². The SMILES string of the molecule is CC(=O)O[C@@H]1CC[C@@]2(C)C(=CC[C@@H]3[C@@H]2C(=O)C[C@]2(C)C(=O)CC[C@@H]32)C1. The average Bonchev–Trinajstić information content (AvgIpc) is 2.82. The molecule has 4 aliphatic rings. The quantitative estimate of drug-likeness (QED) is 0.538. The number of allylic oxidation sites excluding steroid dienone is 1. The maximum absolute atomic E-state index is 13.2. The van der Waals surface area contributed by atoms with Gasteiger partial charge in [-0.1, -0.05) is 25.5 Å². The van der Waals surface area contributed by atoms with Crippen LogP contribution in [0.25, 0.3) is 0 Å². The molecule has 0 aromatic carbocycles. The summed E-state index contributed by atoms with van der Waals surface area (Å²) in [6.45, 7) is 5.72. The van der Waals surface area contributed by atoms with E-state index < -0.39 is 5.41 Å². The fraction of sp³-hybridized carbons (Fsp3) is 0.762. The highest BCUT2D eigenvalue weighted by Gasteiger charge is 2.61. The minimum absolute atomic E-state index is 0.0368. The van der Waals surface area contributed by atoms with Crippen LogP contribution < -0.4 is 0 Å². The lowest BCUT2D eigenvalue weighted by Crippen LogP contribution is -2.55. The standard InChI is InChI=1S/C21H28O4/c1-12(22)25-14-8-9-20(2)13(10-14)4-5-15-16-6-7-18(24)21(16,3)11-17(23)19(15)20/h4,14-16,19H,5-11H2,1-3H3/t14-,15+,16+,19-,20+,21+/m1/s1. The van der Waals surface area contributed by atoms with Gasteiger partial charge in [0.25, 0.3) is 0 Å². The molecular weight excluding hydrogens is 316 g/mol. The second-order valence-corrected chi connectivity index (χ2v) is 9.13. The van der Waals surface area contributed by atoms with Crippen LogP contribution >= 0.6 is 0 Å². The molecule has 3 saturated carbocycles. The maximum atomic E-state index is 13.2. The Morgan fingerprint density at radius 2 is 1.96 bits per heavy atom. The van der Waals surface area contributed by atoms with E-state index in [0.717, 1.165) is 32.1 Å². The van der Waals surface area contributed by atoms with Gasteiger partial charge in [-0.2, -0.15) is 0 Å². The molecule has 0 heterocycles. The van der Waals surface area contributed by atoms with Gasteiger partial charge in [0.15, 0.2) is 0 Å². The fourth-order valence-electron chi connectivity index (χ4n) is 6.57. The van der Waals surface area contributed by atoms with Crippen LogP contribution in [0.5, 0.6) is 0 Å².